The van der Waals surface area contributed by atoms with E-state index in [1.807, 2.05) is 12.1 Å². The summed E-state index contributed by atoms with van der Waals surface area (Å²) in [6.45, 7) is 3.15. The van der Waals surface area contributed by atoms with Gasteiger partial charge in [0.1, 0.15) is 11.4 Å². The maximum Gasteiger partial charge on any atom is 0.292 e. The van der Waals surface area contributed by atoms with Crippen LogP contribution in [0.25, 0.3) is 0 Å². The van der Waals surface area contributed by atoms with Gasteiger partial charge in [0.15, 0.2) is 0 Å². The van der Waals surface area contributed by atoms with E-state index >= 15 is 0 Å². The zero-order chi connectivity index (χ0) is 17.4. The number of hydrogen-bond acceptors (Lipinski definition) is 5. The van der Waals surface area contributed by atoms with E-state index in [1.165, 1.54) is 0 Å². The number of ether oxygens (including phenoxy) is 1. The van der Waals surface area contributed by atoms with Crippen molar-refractivity contribution in [3.63, 3.8) is 0 Å². The third-order valence-corrected chi connectivity index (χ3v) is 4.69. The van der Waals surface area contributed by atoms with E-state index in [0.29, 0.717) is 36.6 Å². The highest BCUT2D eigenvalue weighted by Crippen LogP contribution is 2.32. The number of carbonyl (C=O) groups is 2. The fourth-order valence-electron chi connectivity index (χ4n) is 3.47. The number of benzene rings is 1. The number of nitrogens with zero attached hydrogens (tertiary/aromatic N) is 2. The van der Waals surface area contributed by atoms with Crippen molar-refractivity contribution in [3.8, 4) is 5.75 Å². The average Bonchev–Trinajstić information content (AvgIpc) is 3.01. The minimum atomic E-state index is -0.634. The van der Waals surface area contributed by atoms with E-state index in [0.717, 1.165) is 12.8 Å². The number of aromatic nitrogens is 1. The number of rotatable bonds is 1. The lowest BCUT2D eigenvalue weighted by Crippen LogP contribution is -2.57. The lowest BCUT2D eigenvalue weighted by molar-refractivity contribution is -0.00230. The molecule has 4 rings (SSSR count). The van der Waals surface area contributed by atoms with Gasteiger partial charge in [0, 0.05) is 12.6 Å². The van der Waals surface area contributed by atoms with Crippen molar-refractivity contribution in [3.05, 3.63) is 47.3 Å². The van der Waals surface area contributed by atoms with E-state index in [1.54, 1.807) is 30.0 Å². The highest BCUT2D eigenvalue weighted by atomic mass is 16.5. The van der Waals surface area contributed by atoms with Crippen LogP contribution in [0.2, 0.25) is 0 Å². The number of likely N-dealkylation sites (tertiary alicyclic amines) is 1. The maximum absolute atomic E-state index is 12.7. The molecule has 130 valence electrons. The van der Waals surface area contributed by atoms with Gasteiger partial charge in [0.2, 0.25) is 5.76 Å². The number of aryl methyl sites for hydroxylation is 1. The summed E-state index contributed by atoms with van der Waals surface area (Å²) in [6, 6.07) is 8.82. The summed E-state index contributed by atoms with van der Waals surface area (Å²) in [7, 11) is 0. The van der Waals surface area contributed by atoms with Crippen molar-refractivity contribution in [2.45, 2.75) is 25.4 Å². The maximum atomic E-state index is 12.7. The number of carbonyl (C=O) groups excluding carboxylic acids is 2. The summed E-state index contributed by atoms with van der Waals surface area (Å²) in [5.41, 5.74) is 0.557. The lowest BCUT2D eigenvalue weighted by Gasteiger charge is -2.41. The molecule has 1 spiro atoms. The molecule has 0 radical (unpaired) electrons. The Morgan fingerprint density at radius 1 is 1.36 bits per heavy atom. The Hall–Kier alpha value is -2.83. The van der Waals surface area contributed by atoms with Crippen LogP contribution in [0.1, 0.15) is 39.4 Å². The van der Waals surface area contributed by atoms with Crippen molar-refractivity contribution < 1.29 is 18.8 Å². The Morgan fingerprint density at radius 3 is 3.00 bits per heavy atom. The van der Waals surface area contributed by atoms with Crippen molar-refractivity contribution in [1.82, 2.24) is 15.4 Å². The molecule has 0 saturated carbocycles. The molecule has 7 nitrogen and oxygen atoms in total. The second-order valence-electron chi connectivity index (χ2n) is 6.63. The van der Waals surface area contributed by atoms with Gasteiger partial charge in [-0.15, -0.1) is 0 Å². The molecule has 1 aromatic carbocycles. The van der Waals surface area contributed by atoms with Crippen LogP contribution in [0.3, 0.4) is 0 Å². The molecule has 0 bridgehead atoms. The summed E-state index contributed by atoms with van der Waals surface area (Å²) in [6.07, 6.45) is 1.55. The molecule has 25 heavy (non-hydrogen) atoms. The largest absolute Gasteiger partial charge is 0.483 e. The third kappa shape index (κ3) is 2.86. The Labute approximate surface area is 144 Å². The van der Waals surface area contributed by atoms with E-state index in [2.05, 4.69) is 10.5 Å². The molecule has 0 unspecified atom stereocenters. The molecule has 1 atom stereocenters. The fraction of sp³-hybridized carbons (Fsp3) is 0.389. The van der Waals surface area contributed by atoms with Gasteiger partial charge in [-0.2, -0.15) is 0 Å². The SMILES string of the molecule is Cc1cc(C(=O)N2CCC[C@]3(CNC(=O)c4ccccc4O3)C2)on1. The Kier molecular flexibility index (Phi) is 3.71. The zero-order valence-electron chi connectivity index (χ0n) is 13.9. The van der Waals surface area contributed by atoms with Crippen molar-refractivity contribution >= 4 is 11.8 Å². The normalized spacial score (nSPS) is 22.8. The molecule has 2 aromatic rings. The van der Waals surface area contributed by atoms with Gasteiger partial charge in [-0.3, -0.25) is 9.59 Å². The topological polar surface area (TPSA) is 84.7 Å². The van der Waals surface area contributed by atoms with Crippen LogP contribution in [0.4, 0.5) is 0 Å². The second kappa shape index (κ2) is 5.91. The second-order valence-corrected chi connectivity index (χ2v) is 6.63. The summed E-state index contributed by atoms with van der Waals surface area (Å²) in [5.74, 6) is 0.434. The molecule has 1 fully saturated rings. The molecule has 1 aromatic heterocycles. The van der Waals surface area contributed by atoms with Gasteiger partial charge in [0.25, 0.3) is 11.8 Å². The first-order valence-corrected chi connectivity index (χ1v) is 8.35. The third-order valence-electron chi connectivity index (χ3n) is 4.69. The van der Waals surface area contributed by atoms with Crippen LogP contribution in [0, 0.1) is 6.92 Å². The van der Waals surface area contributed by atoms with Crippen LogP contribution in [-0.4, -0.2) is 47.1 Å². The van der Waals surface area contributed by atoms with Gasteiger partial charge in [-0.05, 0) is 31.9 Å². The molecular weight excluding hydrogens is 322 g/mol. The zero-order valence-corrected chi connectivity index (χ0v) is 13.9. The Bertz CT molecular complexity index is 831. The molecule has 1 N–H and O–H groups in total. The minimum Gasteiger partial charge on any atom is -0.483 e. The first-order valence-electron chi connectivity index (χ1n) is 8.35. The monoisotopic (exact) mass is 341 g/mol. The van der Waals surface area contributed by atoms with Gasteiger partial charge in [-0.1, -0.05) is 17.3 Å². The number of amides is 2. The highest BCUT2D eigenvalue weighted by Gasteiger charge is 2.42. The predicted octanol–water partition coefficient (Wildman–Crippen LogP) is 1.78. The summed E-state index contributed by atoms with van der Waals surface area (Å²) < 4.78 is 11.4. The number of fused-ring (bicyclic) bond motifs is 1. The quantitative estimate of drug-likeness (QED) is 0.855. The first kappa shape index (κ1) is 15.7. The predicted molar refractivity (Wildman–Crippen MR) is 88.5 cm³/mol. The molecule has 0 aliphatic carbocycles. The smallest absolute Gasteiger partial charge is 0.292 e. The molecule has 7 heteroatoms. The molecule has 3 heterocycles. The van der Waals surface area contributed by atoms with Crippen molar-refractivity contribution in [2.75, 3.05) is 19.6 Å². The van der Waals surface area contributed by atoms with Gasteiger partial charge >= 0.3 is 0 Å². The van der Waals surface area contributed by atoms with E-state index < -0.39 is 5.60 Å². The van der Waals surface area contributed by atoms with Crippen LogP contribution < -0.4 is 10.1 Å². The van der Waals surface area contributed by atoms with E-state index in [9.17, 15) is 9.59 Å². The average molecular weight is 341 g/mol. The van der Waals surface area contributed by atoms with Crippen molar-refractivity contribution in [1.29, 1.82) is 0 Å². The molecule has 2 amide bonds. The molecular formula is C18H19N3O4. The number of nitrogens with one attached hydrogen (secondary N) is 1. The van der Waals surface area contributed by atoms with Crippen molar-refractivity contribution in [2.24, 2.45) is 0 Å². The summed E-state index contributed by atoms with van der Waals surface area (Å²) in [4.78, 5) is 26.7. The van der Waals surface area contributed by atoms with Crippen LogP contribution in [0.5, 0.6) is 5.75 Å². The number of piperidine rings is 1. The first-order chi connectivity index (χ1) is 12.1. The summed E-state index contributed by atoms with van der Waals surface area (Å²) in [5, 5.41) is 6.71. The Balaban J connectivity index is 1.60. The van der Waals surface area contributed by atoms with Gasteiger partial charge < -0.3 is 19.5 Å². The van der Waals surface area contributed by atoms with Crippen LogP contribution >= 0.6 is 0 Å². The van der Waals surface area contributed by atoms with Crippen LogP contribution in [0.15, 0.2) is 34.9 Å². The van der Waals surface area contributed by atoms with Gasteiger partial charge in [-0.25, -0.2) is 0 Å². The fourth-order valence-corrected chi connectivity index (χ4v) is 3.47. The number of para-hydroxylation sites is 1. The molecule has 2 aliphatic rings. The van der Waals surface area contributed by atoms with E-state index in [4.69, 9.17) is 9.26 Å². The van der Waals surface area contributed by atoms with Gasteiger partial charge in [0.05, 0.1) is 24.3 Å². The minimum absolute atomic E-state index is 0.151. The van der Waals surface area contributed by atoms with E-state index in [-0.39, 0.29) is 17.6 Å². The molecule has 2 aliphatic heterocycles. The summed E-state index contributed by atoms with van der Waals surface area (Å²) >= 11 is 0. The standard InChI is InChI=1S/C18H19N3O4/c1-12-9-15(25-20-12)17(23)21-8-4-7-18(11-21)10-19-16(22)13-5-2-3-6-14(13)24-18/h2-3,5-6,9H,4,7-8,10-11H2,1H3,(H,19,22)/t18-/m0/s1. The Morgan fingerprint density at radius 2 is 2.20 bits per heavy atom. The molecule has 1 saturated heterocycles. The highest BCUT2D eigenvalue weighted by molar-refractivity contribution is 5.97. The lowest BCUT2D eigenvalue weighted by atomic mass is 9.92. The number of hydrogen-bond donors (Lipinski definition) is 1. The van der Waals surface area contributed by atoms with Crippen LogP contribution in [-0.2, 0) is 0 Å².